The molecule has 0 saturated heterocycles. The van der Waals surface area contributed by atoms with Gasteiger partial charge in [-0.3, -0.25) is 0 Å². The second-order valence-corrected chi connectivity index (χ2v) is 3.62. The maximum absolute atomic E-state index is 9.85. The van der Waals surface area contributed by atoms with Gasteiger partial charge in [-0.25, -0.2) is 4.79 Å². The average Bonchev–Trinajstić information content (AvgIpc) is 2.33. The molecule has 0 bridgehead atoms. The zero-order valence-electron chi connectivity index (χ0n) is 9.87. The van der Waals surface area contributed by atoms with Gasteiger partial charge in [0.05, 0.1) is 0 Å². The molecule has 0 aliphatic rings. The molecule has 0 radical (unpaired) electrons. The Morgan fingerprint density at radius 2 is 1.50 bits per heavy atom. The van der Waals surface area contributed by atoms with E-state index < -0.39 is 6.16 Å². The molecule has 94 valence electrons. The number of hydrogen-bond acceptors (Lipinski definition) is 2. The number of carbonyl (C=O) groups is 1. The van der Waals surface area contributed by atoms with E-state index in [2.05, 4.69) is 0 Å². The predicted molar refractivity (Wildman–Crippen MR) is 68.9 cm³/mol. The number of rotatable bonds is 1. The third kappa shape index (κ3) is 3.83. The molecule has 0 saturated carbocycles. The number of para-hydroxylation sites is 1. The van der Waals surface area contributed by atoms with Crippen molar-refractivity contribution in [2.24, 2.45) is 0 Å². The fourth-order valence-electron chi connectivity index (χ4n) is 1.51. The normalized spacial score (nSPS) is 9.17. The van der Waals surface area contributed by atoms with Crippen LogP contribution in [-0.4, -0.2) is 21.5 Å². The molecule has 0 fully saturated rings. The SMILES string of the molecule is Cc1cccc(-c2ccccc2)c1O.O=C(O)O. The highest BCUT2D eigenvalue weighted by molar-refractivity contribution is 5.71. The van der Waals surface area contributed by atoms with Gasteiger partial charge in [-0.2, -0.15) is 0 Å². The van der Waals surface area contributed by atoms with Gasteiger partial charge in [-0.05, 0) is 18.1 Å². The number of phenolic OH excluding ortho intramolecular Hbond substituents is 1. The first-order valence-electron chi connectivity index (χ1n) is 5.28. The van der Waals surface area contributed by atoms with Gasteiger partial charge in [0, 0.05) is 5.56 Å². The summed E-state index contributed by atoms with van der Waals surface area (Å²) in [5.41, 5.74) is 2.85. The van der Waals surface area contributed by atoms with Crippen molar-refractivity contribution < 1.29 is 20.1 Å². The summed E-state index contributed by atoms with van der Waals surface area (Å²) in [7, 11) is 0. The summed E-state index contributed by atoms with van der Waals surface area (Å²) in [4.78, 5) is 8.56. The van der Waals surface area contributed by atoms with Crippen LogP contribution in [-0.2, 0) is 0 Å². The number of hydrogen-bond donors (Lipinski definition) is 3. The zero-order valence-corrected chi connectivity index (χ0v) is 9.87. The van der Waals surface area contributed by atoms with E-state index in [1.165, 1.54) is 0 Å². The highest BCUT2D eigenvalue weighted by atomic mass is 16.6. The van der Waals surface area contributed by atoms with Crippen LogP contribution >= 0.6 is 0 Å². The van der Waals surface area contributed by atoms with Crippen molar-refractivity contribution in [3.05, 3.63) is 54.1 Å². The number of aromatic hydroxyl groups is 1. The summed E-state index contributed by atoms with van der Waals surface area (Å²) >= 11 is 0. The van der Waals surface area contributed by atoms with Gasteiger partial charge in [0.2, 0.25) is 0 Å². The largest absolute Gasteiger partial charge is 0.507 e. The van der Waals surface area contributed by atoms with Crippen LogP contribution in [0.2, 0.25) is 0 Å². The van der Waals surface area contributed by atoms with E-state index >= 15 is 0 Å². The predicted octanol–water partition coefficient (Wildman–Crippen LogP) is 3.59. The average molecular weight is 246 g/mol. The second-order valence-electron chi connectivity index (χ2n) is 3.62. The van der Waals surface area contributed by atoms with E-state index in [0.29, 0.717) is 5.75 Å². The molecule has 2 rings (SSSR count). The Bertz CT molecular complexity index is 517. The van der Waals surface area contributed by atoms with Crippen LogP contribution in [0.4, 0.5) is 4.79 Å². The summed E-state index contributed by atoms with van der Waals surface area (Å²) in [5, 5.41) is 23.8. The quantitative estimate of drug-likeness (QED) is 0.718. The lowest BCUT2D eigenvalue weighted by Crippen LogP contribution is -1.81. The lowest BCUT2D eigenvalue weighted by Gasteiger charge is -2.06. The molecular formula is C14H14O4. The van der Waals surface area contributed by atoms with Gasteiger partial charge < -0.3 is 15.3 Å². The summed E-state index contributed by atoms with van der Waals surface area (Å²) in [6.07, 6.45) is -1.83. The summed E-state index contributed by atoms with van der Waals surface area (Å²) in [6.45, 7) is 1.90. The minimum atomic E-state index is -1.83. The molecule has 0 aliphatic heterocycles. The Kier molecular flexibility index (Phi) is 4.75. The van der Waals surface area contributed by atoms with Gasteiger partial charge in [0.15, 0.2) is 0 Å². The molecule has 0 heterocycles. The number of phenols is 1. The van der Waals surface area contributed by atoms with Crippen molar-refractivity contribution in [3.63, 3.8) is 0 Å². The van der Waals surface area contributed by atoms with Gasteiger partial charge in [0.25, 0.3) is 0 Å². The first-order chi connectivity index (χ1) is 8.52. The molecule has 2 aromatic rings. The maximum atomic E-state index is 9.85. The first-order valence-corrected chi connectivity index (χ1v) is 5.28. The Balaban J connectivity index is 0.000000357. The Morgan fingerprint density at radius 3 is 2.06 bits per heavy atom. The van der Waals surface area contributed by atoms with Crippen molar-refractivity contribution in [1.29, 1.82) is 0 Å². The third-order valence-electron chi connectivity index (χ3n) is 2.32. The molecule has 3 N–H and O–H groups in total. The van der Waals surface area contributed by atoms with Gasteiger partial charge in [0.1, 0.15) is 5.75 Å². The lowest BCUT2D eigenvalue weighted by molar-refractivity contribution is 0.137. The Hall–Kier alpha value is -2.49. The molecular weight excluding hydrogens is 232 g/mol. The van der Waals surface area contributed by atoms with Crippen molar-refractivity contribution in [2.75, 3.05) is 0 Å². The molecule has 4 nitrogen and oxygen atoms in total. The molecule has 18 heavy (non-hydrogen) atoms. The molecule has 2 aromatic carbocycles. The van der Waals surface area contributed by atoms with Crippen LogP contribution < -0.4 is 0 Å². The highest BCUT2D eigenvalue weighted by Crippen LogP contribution is 2.31. The molecule has 0 atom stereocenters. The maximum Gasteiger partial charge on any atom is 0.503 e. The van der Waals surface area contributed by atoms with Crippen LogP contribution in [0.5, 0.6) is 5.75 Å². The summed E-state index contributed by atoms with van der Waals surface area (Å²) in [6, 6.07) is 15.7. The molecule has 0 spiro atoms. The second kappa shape index (κ2) is 6.30. The van der Waals surface area contributed by atoms with Crippen molar-refractivity contribution in [2.45, 2.75) is 6.92 Å². The van der Waals surface area contributed by atoms with Crippen LogP contribution in [0.3, 0.4) is 0 Å². The van der Waals surface area contributed by atoms with Gasteiger partial charge in [-0.15, -0.1) is 0 Å². The Morgan fingerprint density at radius 1 is 0.944 bits per heavy atom. The van der Waals surface area contributed by atoms with Gasteiger partial charge >= 0.3 is 6.16 Å². The molecule has 0 aliphatic carbocycles. The van der Waals surface area contributed by atoms with E-state index in [0.717, 1.165) is 16.7 Å². The van der Waals surface area contributed by atoms with E-state index in [4.69, 9.17) is 15.0 Å². The van der Waals surface area contributed by atoms with Crippen molar-refractivity contribution in [3.8, 4) is 16.9 Å². The lowest BCUT2D eigenvalue weighted by atomic mass is 10.0. The summed E-state index contributed by atoms with van der Waals surface area (Å²) < 4.78 is 0. The molecule has 0 unspecified atom stereocenters. The van der Waals surface area contributed by atoms with Crippen molar-refractivity contribution in [1.82, 2.24) is 0 Å². The summed E-state index contributed by atoms with van der Waals surface area (Å²) in [5.74, 6) is 0.374. The minimum Gasteiger partial charge on any atom is -0.507 e. The highest BCUT2D eigenvalue weighted by Gasteiger charge is 2.04. The third-order valence-corrected chi connectivity index (χ3v) is 2.32. The first kappa shape index (κ1) is 13.6. The minimum absolute atomic E-state index is 0.374. The van der Waals surface area contributed by atoms with E-state index in [1.807, 2.05) is 55.5 Å². The number of aryl methyl sites for hydroxylation is 1. The van der Waals surface area contributed by atoms with Crippen LogP contribution in [0.25, 0.3) is 11.1 Å². The van der Waals surface area contributed by atoms with Crippen molar-refractivity contribution >= 4 is 6.16 Å². The molecule has 0 amide bonds. The van der Waals surface area contributed by atoms with E-state index in [1.54, 1.807) is 0 Å². The van der Waals surface area contributed by atoms with Crippen LogP contribution in [0.1, 0.15) is 5.56 Å². The fraction of sp³-hybridized carbons (Fsp3) is 0.0714. The van der Waals surface area contributed by atoms with Crippen LogP contribution in [0.15, 0.2) is 48.5 Å². The monoisotopic (exact) mass is 246 g/mol. The topological polar surface area (TPSA) is 77.8 Å². The smallest absolute Gasteiger partial charge is 0.503 e. The van der Waals surface area contributed by atoms with Gasteiger partial charge in [-0.1, -0.05) is 48.5 Å². The zero-order chi connectivity index (χ0) is 13.5. The van der Waals surface area contributed by atoms with Crippen LogP contribution in [0, 0.1) is 6.92 Å². The van der Waals surface area contributed by atoms with E-state index in [9.17, 15) is 5.11 Å². The van der Waals surface area contributed by atoms with E-state index in [-0.39, 0.29) is 0 Å². The number of carboxylic acid groups (broad SMARTS) is 2. The number of benzene rings is 2. The molecule has 0 aromatic heterocycles. The standard InChI is InChI=1S/C13H12O.CH2O3/c1-10-6-5-9-12(13(10)14)11-7-3-2-4-8-11;2-1(3)4/h2-9,14H,1H3;(H2,2,3,4). The Labute approximate surface area is 105 Å². The molecule has 4 heteroatoms. The fourth-order valence-corrected chi connectivity index (χ4v) is 1.51.